The summed E-state index contributed by atoms with van der Waals surface area (Å²) >= 11 is 0. The minimum Gasteiger partial charge on any atom is -0.383 e. The Kier molecular flexibility index (Phi) is 5.14. The normalized spacial score (nSPS) is 17.0. The van der Waals surface area contributed by atoms with Gasteiger partial charge in [0, 0.05) is 13.0 Å². The maximum atomic E-state index is 13.1. The molecular weight excluding hydrogens is 357 g/mol. The first kappa shape index (κ1) is 18.3. The summed E-state index contributed by atoms with van der Waals surface area (Å²) in [5, 5.41) is 0.719. The van der Waals surface area contributed by atoms with Crippen molar-refractivity contribution in [2.75, 3.05) is 12.3 Å². The predicted molar refractivity (Wildman–Crippen MR) is 105 cm³/mol. The van der Waals surface area contributed by atoms with Crippen LogP contribution < -0.4 is 5.73 Å². The molecule has 7 heteroatoms. The zero-order valence-electron chi connectivity index (χ0n) is 15.5. The van der Waals surface area contributed by atoms with Gasteiger partial charge in [0.1, 0.15) is 18.0 Å². The highest BCUT2D eigenvalue weighted by atomic mass is 19.1. The number of anilines is 1. The molecule has 1 aliphatic heterocycles. The van der Waals surface area contributed by atoms with Crippen LogP contribution in [0.3, 0.4) is 0 Å². The van der Waals surface area contributed by atoms with Gasteiger partial charge in [0.05, 0.1) is 17.1 Å². The second kappa shape index (κ2) is 7.88. The van der Waals surface area contributed by atoms with Crippen LogP contribution in [0, 0.1) is 5.82 Å². The van der Waals surface area contributed by atoms with Crippen molar-refractivity contribution >= 4 is 22.8 Å². The number of amides is 1. The van der Waals surface area contributed by atoms with Crippen molar-refractivity contribution in [3.8, 4) is 0 Å². The largest absolute Gasteiger partial charge is 0.383 e. The summed E-state index contributed by atoms with van der Waals surface area (Å²) in [7, 11) is 0. The summed E-state index contributed by atoms with van der Waals surface area (Å²) < 4.78 is 13.1. The third-order valence-electron chi connectivity index (χ3n) is 5.25. The summed E-state index contributed by atoms with van der Waals surface area (Å²) in [6, 6.07) is 10.0. The molecule has 1 saturated heterocycles. The molecule has 1 amide bonds. The van der Waals surface area contributed by atoms with E-state index in [2.05, 4.69) is 15.0 Å². The van der Waals surface area contributed by atoms with E-state index in [0.717, 1.165) is 42.5 Å². The zero-order chi connectivity index (χ0) is 19.5. The third-order valence-corrected chi connectivity index (χ3v) is 5.25. The van der Waals surface area contributed by atoms with E-state index >= 15 is 0 Å². The lowest BCUT2D eigenvalue weighted by Crippen LogP contribution is -2.39. The number of rotatable bonds is 4. The number of nitrogens with two attached hydrogens (primary N) is 1. The molecule has 2 aromatic heterocycles. The number of likely N-dealkylation sites (tertiary alicyclic amines) is 1. The van der Waals surface area contributed by atoms with Crippen LogP contribution in [0.4, 0.5) is 10.2 Å². The summed E-state index contributed by atoms with van der Waals surface area (Å²) in [6.07, 6.45) is 5.31. The van der Waals surface area contributed by atoms with Crippen molar-refractivity contribution in [2.45, 2.75) is 38.1 Å². The third kappa shape index (κ3) is 3.78. The number of carbonyl (C=O) groups excluding carboxylic acids is 1. The van der Waals surface area contributed by atoms with E-state index in [-0.39, 0.29) is 17.8 Å². The SMILES string of the molecule is Nc1ncnc2nc(C3CCCCN3C(=O)CCc3ccc(F)cc3)ccc12. The van der Waals surface area contributed by atoms with Crippen LogP contribution in [-0.2, 0) is 11.2 Å². The number of piperidine rings is 1. The standard InChI is InChI=1S/C21H22FN5O/c22-15-7-4-14(5-8-15)6-11-19(28)27-12-2-1-3-18(27)17-10-9-16-20(23)24-13-25-21(16)26-17/h4-5,7-10,13,18H,1-3,6,11-12H2,(H2,23,24,25,26). The van der Waals surface area contributed by atoms with Gasteiger partial charge in [-0.1, -0.05) is 12.1 Å². The lowest BCUT2D eigenvalue weighted by molar-refractivity contribution is -0.135. The molecule has 1 unspecified atom stereocenters. The van der Waals surface area contributed by atoms with E-state index in [1.165, 1.54) is 18.5 Å². The monoisotopic (exact) mass is 379 g/mol. The molecule has 2 N–H and O–H groups in total. The molecule has 1 fully saturated rings. The number of hydrogen-bond donors (Lipinski definition) is 1. The summed E-state index contributed by atoms with van der Waals surface area (Å²) in [4.78, 5) is 27.7. The molecule has 6 nitrogen and oxygen atoms in total. The minimum absolute atomic E-state index is 0.0601. The van der Waals surface area contributed by atoms with Crippen LogP contribution >= 0.6 is 0 Å². The van der Waals surface area contributed by atoms with Crippen LogP contribution in [0.25, 0.3) is 11.0 Å². The zero-order valence-corrected chi connectivity index (χ0v) is 15.5. The Labute approximate surface area is 162 Å². The minimum atomic E-state index is -0.266. The molecule has 0 radical (unpaired) electrons. The van der Waals surface area contributed by atoms with Crippen molar-refractivity contribution in [3.63, 3.8) is 0 Å². The van der Waals surface area contributed by atoms with Gasteiger partial charge >= 0.3 is 0 Å². The smallest absolute Gasteiger partial charge is 0.223 e. The molecule has 0 aliphatic carbocycles. The van der Waals surface area contributed by atoms with Crippen molar-refractivity contribution in [1.82, 2.24) is 19.9 Å². The first-order chi connectivity index (χ1) is 13.6. The summed E-state index contributed by atoms with van der Waals surface area (Å²) in [5.74, 6) is 0.232. The number of aromatic nitrogens is 3. The second-order valence-electron chi connectivity index (χ2n) is 7.09. The Morgan fingerprint density at radius 1 is 1.14 bits per heavy atom. The fraction of sp³-hybridized carbons (Fsp3) is 0.333. The van der Waals surface area contributed by atoms with Gasteiger partial charge in [-0.15, -0.1) is 0 Å². The van der Waals surface area contributed by atoms with E-state index in [0.29, 0.717) is 24.3 Å². The number of carbonyl (C=O) groups is 1. The van der Waals surface area contributed by atoms with Crippen molar-refractivity contribution in [3.05, 3.63) is 59.8 Å². The highest BCUT2D eigenvalue weighted by Gasteiger charge is 2.29. The maximum absolute atomic E-state index is 13.1. The molecule has 144 valence electrons. The fourth-order valence-electron chi connectivity index (χ4n) is 3.75. The lowest BCUT2D eigenvalue weighted by Gasteiger charge is -2.35. The van der Waals surface area contributed by atoms with Gasteiger partial charge in [0.2, 0.25) is 5.91 Å². The number of pyridine rings is 1. The molecule has 3 aromatic rings. The predicted octanol–water partition coefficient (Wildman–Crippen LogP) is 3.43. The fourth-order valence-corrected chi connectivity index (χ4v) is 3.75. The van der Waals surface area contributed by atoms with Crippen LogP contribution in [0.2, 0.25) is 0 Å². The lowest BCUT2D eigenvalue weighted by atomic mass is 9.97. The molecule has 1 aliphatic rings. The average molecular weight is 379 g/mol. The highest BCUT2D eigenvalue weighted by Crippen LogP contribution is 2.31. The first-order valence-electron chi connectivity index (χ1n) is 9.53. The average Bonchev–Trinajstić information content (AvgIpc) is 2.73. The number of halogens is 1. The Morgan fingerprint density at radius 2 is 1.96 bits per heavy atom. The van der Waals surface area contributed by atoms with Crippen molar-refractivity contribution in [1.29, 1.82) is 0 Å². The topological polar surface area (TPSA) is 85.0 Å². The number of nitrogen functional groups attached to an aromatic ring is 1. The molecule has 0 bridgehead atoms. The molecule has 4 rings (SSSR count). The van der Waals surface area contributed by atoms with Gasteiger partial charge in [0.15, 0.2) is 5.65 Å². The van der Waals surface area contributed by atoms with Gasteiger partial charge in [-0.2, -0.15) is 0 Å². The molecule has 3 heterocycles. The van der Waals surface area contributed by atoms with Crippen LogP contribution in [-0.4, -0.2) is 32.3 Å². The quantitative estimate of drug-likeness (QED) is 0.751. The Hall–Kier alpha value is -3.09. The van der Waals surface area contributed by atoms with E-state index in [1.54, 1.807) is 12.1 Å². The van der Waals surface area contributed by atoms with E-state index in [4.69, 9.17) is 5.73 Å². The number of aryl methyl sites for hydroxylation is 1. The second-order valence-corrected chi connectivity index (χ2v) is 7.09. The number of nitrogens with zero attached hydrogens (tertiary/aromatic N) is 4. The van der Waals surface area contributed by atoms with Gasteiger partial charge in [-0.25, -0.2) is 19.3 Å². The van der Waals surface area contributed by atoms with Crippen LogP contribution in [0.5, 0.6) is 0 Å². The summed E-state index contributed by atoms with van der Waals surface area (Å²) in [6.45, 7) is 0.721. The van der Waals surface area contributed by atoms with E-state index < -0.39 is 0 Å². The van der Waals surface area contributed by atoms with Crippen LogP contribution in [0.15, 0.2) is 42.7 Å². The molecule has 0 spiro atoms. The molecular formula is C21H22FN5O. The van der Waals surface area contributed by atoms with E-state index in [1.807, 2.05) is 17.0 Å². The Bertz CT molecular complexity index is 992. The van der Waals surface area contributed by atoms with Crippen LogP contribution in [0.1, 0.15) is 43.0 Å². The first-order valence-corrected chi connectivity index (χ1v) is 9.53. The molecule has 28 heavy (non-hydrogen) atoms. The molecule has 1 atom stereocenters. The Morgan fingerprint density at radius 3 is 2.79 bits per heavy atom. The van der Waals surface area contributed by atoms with Gasteiger partial charge in [0.25, 0.3) is 0 Å². The van der Waals surface area contributed by atoms with Gasteiger partial charge in [-0.05, 0) is 55.5 Å². The van der Waals surface area contributed by atoms with Crippen molar-refractivity contribution < 1.29 is 9.18 Å². The number of fused-ring (bicyclic) bond motifs is 1. The van der Waals surface area contributed by atoms with Gasteiger partial charge in [-0.3, -0.25) is 4.79 Å². The van der Waals surface area contributed by atoms with Gasteiger partial charge < -0.3 is 10.6 Å². The maximum Gasteiger partial charge on any atom is 0.223 e. The van der Waals surface area contributed by atoms with E-state index in [9.17, 15) is 9.18 Å². The number of hydrogen-bond acceptors (Lipinski definition) is 5. The summed E-state index contributed by atoms with van der Waals surface area (Å²) in [5.41, 5.74) is 8.23. The highest BCUT2D eigenvalue weighted by molar-refractivity contribution is 5.85. The van der Waals surface area contributed by atoms with Crippen molar-refractivity contribution in [2.24, 2.45) is 0 Å². The Balaban J connectivity index is 1.52. The molecule has 0 saturated carbocycles. The molecule has 1 aromatic carbocycles. The number of benzene rings is 1.